The lowest BCUT2D eigenvalue weighted by molar-refractivity contribution is 0.390. The van der Waals surface area contributed by atoms with Crippen molar-refractivity contribution in [3.63, 3.8) is 0 Å². The van der Waals surface area contributed by atoms with Crippen LogP contribution in [0.1, 0.15) is 11.4 Å². The van der Waals surface area contributed by atoms with Gasteiger partial charge in [-0.1, -0.05) is 0 Å². The SMILES string of the molecule is Cc1ccc2c(N=O)c(NO)c3ccc(C)nc3c2n1. The highest BCUT2D eigenvalue weighted by molar-refractivity contribution is 6.16. The van der Waals surface area contributed by atoms with E-state index in [-0.39, 0.29) is 11.4 Å². The summed E-state index contributed by atoms with van der Waals surface area (Å²) in [6, 6.07) is 7.15. The first-order valence-corrected chi connectivity index (χ1v) is 6.10. The Bertz CT molecular complexity index is 846. The number of nitroso groups, excluding NO2 is 1. The van der Waals surface area contributed by atoms with Crippen LogP contribution in [0.3, 0.4) is 0 Å². The molecule has 0 aliphatic heterocycles. The summed E-state index contributed by atoms with van der Waals surface area (Å²) in [5, 5.41) is 13.5. The molecule has 0 saturated carbocycles. The Hall–Kier alpha value is -2.60. The highest BCUT2D eigenvalue weighted by Crippen LogP contribution is 2.40. The summed E-state index contributed by atoms with van der Waals surface area (Å²) < 4.78 is 0. The number of fused-ring (bicyclic) bond motifs is 3. The molecule has 3 aromatic rings. The van der Waals surface area contributed by atoms with Crippen molar-refractivity contribution in [2.45, 2.75) is 13.8 Å². The second kappa shape index (κ2) is 4.50. The summed E-state index contributed by atoms with van der Waals surface area (Å²) in [5.41, 5.74) is 5.33. The Labute approximate surface area is 114 Å². The van der Waals surface area contributed by atoms with Gasteiger partial charge in [-0.2, -0.15) is 0 Å². The number of pyridine rings is 2. The Morgan fingerprint density at radius 1 is 1.00 bits per heavy atom. The van der Waals surface area contributed by atoms with E-state index >= 15 is 0 Å². The van der Waals surface area contributed by atoms with Crippen LogP contribution in [-0.4, -0.2) is 15.2 Å². The molecule has 0 fully saturated rings. The lowest BCUT2D eigenvalue weighted by Gasteiger charge is -2.11. The van der Waals surface area contributed by atoms with Gasteiger partial charge in [0.2, 0.25) is 0 Å². The molecule has 0 aliphatic rings. The van der Waals surface area contributed by atoms with E-state index in [0.717, 1.165) is 11.4 Å². The van der Waals surface area contributed by atoms with Gasteiger partial charge in [-0.05, 0) is 43.3 Å². The van der Waals surface area contributed by atoms with Crippen LogP contribution in [0.4, 0.5) is 11.4 Å². The van der Waals surface area contributed by atoms with Crippen molar-refractivity contribution >= 4 is 33.2 Å². The zero-order valence-corrected chi connectivity index (χ0v) is 11.0. The molecule has 0 atom stereocenters. The molecule has 2 heterocycles. The quantitative estimate of drug-likeness (QED) is 0.421. The van der Waals surface area contributed by atoms with Gasteiger partial charge in [-0.3, -0.25) is 20.7 Å². The number of nitrogens with zero attached hydrogens (tertiary/aromatic N) is 3. The van der Waals surface area contributed by atoms with Crippen molar-refractivity contribution in [1.29, 1.82) is 0 Å². The van der Waals surface area contributed by atoms with Gasteiger partial charge < -0.3 is 0 Å². The molecule has 3 rings (SSSR count). The zero-order chi connectivity index (χ0) is 14.3. The second-order valence-corrected chi connectivity index (χ2v) is 4.62. The number of hydrogen-bond donors (Lipinski definition) is 2. The van der Waals surface area contributed by atoms with Crippen LogP contribution in [0, 0.1) is 18.8 Å². The summed E-state index contributed by atoms with van der Waals surface area (Å²) in [6.07, 6.45) is 0. The highest BCUT2D eigenvalue weighted by atomic mass is 16.5. The van der Waals surface area contributed by atoms with E-state index in [1.165, 1.54) is 0 Å². The molecule has 6 heteroatoms. The third-order valence-corrected chi connectivity index (χ3v) is 3.26. The van der Waals surface area contributed by atoms with E-state index in [0.29, 0.717) is 21.8 Å². The maximum atomic E-state index is 11.1. The molecule has 0 aliphatic carbocycles. The van der Waals surface area contributed by atoms with Gasteiger partial charge in [0, 0.05) is 22.2 Å². The lowest BCUT2D eigenvalue weighted by atomic mass is 10.1. The van der Waals surface area contributed by atoms with Crippen LogP contribution < -0.4 is 5.48 Å². The fraction of sp³-hybridized carbons (Fsp3) is 0.143. The fourth-order valence-electron chi connectivity index (χ4n) is 2.34. The molecule has 0 unspecified atom stereocenters. The van der Waals surface area contributed by atoms with Crippen LogP contribution in [0.5, 0.6) is 0 Å². The molecule has 100 valence electrons. The summed E-state index contributed by atoms with van der Waals surface area (Å²) in [5.74, 6) is 0. The van der Waals surface area contributed by atoms with Crippen LogP contribution in [0.2, 0.25) is 0 Å². The summed E-state index contributed by atoms with van der Waals surface area (Å²) in [6.45, 7) is 3.74. The highest BCUT2D eigenvalue weighted by Gasteiger charge is 2.17. The van der Waals surface area contributed by atoms with Crippen molar-refractivity contribution < 1.29 is 5.21 Å². The van der Waals surface area contributed by atoms with E-state index < -0.39 is 0 Å². The second-order valence-electron chi connectivity index (χ2n) is 4.62. The largest absolute Gasteiger partial charge is 0.291 e. The molecule has 20 heavy (non-hydrogen) atoms. The summed E-state index contributed by atoms with van der Waals surface area (Å²) in [4.78, 5) is 20.1. The standard InChI is InChI=1S/C14H12N4O2/c1-7-3-5-9-11(15-7)12-10(6-4-8(2)16-12)14(18-20)13(9)17-19/h3-6,17,19H,1-2H3. The third-order valence-electron chi connectivity index (χ3n) is 3.26. The maximum absolute atomic E-state index is 11.1. The number of aromatic nitrogens is 2. The van der Waals surface area contributed by atoms with E-state index in [1.54, 1.807) is 24.3 Å². The smallest absolute Gasteiger partial charge is 0.143 e. The normalized spacial score (nSPS) is 10.9. The monoisotopic (exact) mass is 268 g/mol. The Morgan fingerprint density at radius 3 is 2.10 bits per heavy atom. The lowest BCUT2D eigenvalue weighted by Crippen LogP contribution is -1.97. The molecule has 1 aromatic carbocycles. The third kappa shape index (κ3) is 1.70. The molecule has 0 radical (unpaired) electrons. The maximum Gasteiger partial charge on any atom is 0.143 e. The van der Waals surface area contributed by atoms with E-state index in [4.69, 9.17) is 0 Å². The van der Waals surface area contributed by atoms with Crippen molar-refractivity contribution in [1.82, 2.24) is 9.97 Å². The number of rotatable bonds is 2. The van der Waals surface area contributed by atoms with Crippen molar-refractivity contribution in [3.8, 4) is 0 Å². The van der Waals surface area contributed by atoms with Gasteiger partial charge in [0.1, 0.15) is 5.69 Å². The number of aryl methyl sites for hydroxylation is 2. The van der Waals surface area contributed by atoms with Crippen LogP contribution >= 0.6 is 0 Å². The van der Waals surface area contributed by atoms with Crippen LogP contribution in [-0.2, 0) is 0 Å². The number of anilines is 1. The molecular weight excluding hydrogens is 256 g/mol. The number of benzene rings is 1. The van der Waals surface area contributed by atoms with Gasteiger partial charge in [-0.15, -0.1) is 4.91 Å². The van der Waals surface area contributed by atoms with Gasteiger partial charge in [0.05, 0.1) is 16.7 Å². The van der Waals surface area contributed by atoms with Crippen molar-refractivity contribution in [2.75, 3.05) is 5.48 Å². The molecule has 0 amide bonds. The van der Waals surface area contributed by atoms with Crippen molar-refractivity contribution in [3.05, 3.63) is 40.6 Å². The summed E-state index contributed by atoms with van der Waals surface area (Å²) >= 11 is 0. The molecular formula is C14H12N4O2. The Morgan fingerprint density at radius 2 is 1.55 bits per heavy atom. The first-order valence-electron chi connectivity index (χ1n) is 6.10. The van der Waals surface area contributed by atoms with Crippen LogP contribution in [0.15, 0.2) is 29.4 Å². The minimum Gasteiger partial charge on any atom is -0.291 e. The molecule has 0 spiro atoms. The van der Waals surface area contributed by atoms with Gasteiger partial charge >= 0.3 is 0 Å². The Balaban J connectivity index is 2.64. The number of hydrogen-bond acceptors (Lipinski definition) is 6. The van der Waals surface area contributed by atoms with Crippen molar-refractivity contribution in [2.24, 2.45) is 5.18 Å². The van der Waals surface area contributed by atoms with E-state index in [1.807, 2.05) is 13.8 Å². The summed E-state index contributed by atoms with van der Waals surface area (Å²) in [7, 11) is 0. The predicted molar refractivity (Wildman–Crippen MR) is 77.4 cm³/mol. The van der Waals surface area contributed by atoms with Crippen LogP contribution in [0.25, 0.3) is 21.8 Å². The first-order chi connectivity index (χ1) is 9.65. The minimum atomic E-state index is 0.133. The minimum absolute atomic E-state index is 0.133. The molecule has 6 nitrogen and oxygen atoms in total. The fourth-order valence-corrected chi connectivity index (χ4v) is 2.34. The van der Waals surface area contributed by atoms with Gasteiger partial charge in [0.15, 0.2) is 0 Å². The predicted octanol–water partition coefficient (Wildman–Crippen LogP) is 3.60. The zero-order valence-electron chi connectivity index (χ0n) is 11.0. The Kier molecular flexibility index (Phi) is 2.80. The topological polar surface area (TPSA) is 87.5 Å². The molecule has 2 N–H and O–H groups in total. The van der Waals surface area contributed by atoms with E-state index in [9.17, 15) is 10.1 Å². The molecule has 0 bridgehead atoms. The first kappa shape index (κ1) is 12.4. The average molecular weight is 268 g/mol. The van der Waals surface area contributed by atoms with E-state index in [2.05, 4.69) is 20.6 Å². The van der Waals surface area contributed by atoms with Gasteiger partial charge in [-0.25, -0.2) is 0 Å². The average Bonchev–Trinajstić information content (AvgIpc) is 2.45. The molecule has 2 aromatic heterocycles. The van der Waals surface area contributed by atoms with Gasteiger partial charge in [0.25, 0.3) is 0 Å². The molecule has 0 saturated heterocycles. The number of nitrogens with one attached hydrogen (secondary N) is 1.